The Balaban J connectivity index is 1.90. The van der Waals surface area contributed by atoms with Crippen molar-refractivity contribution >= 4 is 8.07 Å². The average molecular weight is 155 g/mol. The molecule has 0 radical (unpaired) electrons. The fourth-order valence-electron chi connectivity index (χ4n) is 3.03. The number of hydrogen-bond donors (Lipinski definition) is 1. The summed E-state index contributed by atoms with van der Waals surface area (Å²) in [5.74, 6) is 2.29. The van der Waals surface area contributed by atoms with Crippen LogP contribution in [0.2, 0.25) is 0 Å². The molecule has 4 bridgehead atoms. The molecule has 2 atom stereocenters. The molecule has 0 amide bonds. The molecule has 1 saturated carbocycles. The van der Waals surface area contributed by atoms with Crippen molar-refractivity contribution in [1.29, 1.82) is 0 Å². The van der Waals surface area contributed by atoms with Crippen LogP contribution < -0.4 is 5.09 Å². The van der Waals surface area contributed by atoms with Gasteiger partial charge in [0.2, 0.25) is 0 Å². The molecule has 0 aromatic heterocycles. The van der Waals surface area contributed by atoms with E-state index >= 15 is 0 Å². The quantitative estimate of drug-likeness (QED) is 0.526. The Labute approximate surface area is 63.4 Å². The molecule has 4 rings (SSSR count). The second-order valence-electron chi connectivity index (χ2n) is 4.17. The fourth-order valence-corrected chi connectivity index (χ4v) is 5.96. The van der Waals surface area contributed by atoms with E-state index in [9.17, 15) is 0 Å². The summed E-state index contributed by atoms with van der Waals surface area (Å²) < 4.78 is 0. The van der Waals surface area contributed by atoms with Gasteiger partial charge >= 0.3 is 0 Å². The van der Waals surface area contributed by atoms with E-state index in [4.69, 9.17) is 0 Å². The summed E-state index contributed by atoms with van der Waals surface area (Å²) in [6.45, 7) is 0. The van der Waals surface area contributed by atoms with Crippen LogP contribution in [0.5, 0.6) is 0 Å². The van der Waals surface area contributed by atoms with Gasteiger partial charge in [0.05, 0.1) is 0 Å². The lowest BCUT2D eigenvalue weighted by Crippen LogP contribution is -2.47. The summed E-state index contributed by atoms with van der Waals surface area (Å²) >= 11 is 0. The van der Waals surface area contributed by atoms with Crippen molar-refractivity contribution in [3.05, 3.63) is 0 Å². The first-order valence-electron chi connectivity index (χ1n) is 4.41. The number of hydrogen-bond acceptors (Lipinski definition) is 1. The molecular formula is C8H14NP. The van der Waals surface area contributed by atoms with Gasteiger partial charge in [-0.15, -0.1) is 0 Å². The summed E-state index contributed by atoms with van der Waals surface area (Å²) in [6, 6.07) is 0.956. The largest absolute Gasteiger partial charge is 0.293 e. The molecule has 0 aromatic rings. The molecule has 3 heterocycles. The van der Waals surface area contributed by atoms with Crippen LogP contribution in [0, 0.1) is 11.8 Å². The molecule has 3 saturated heterocycles. The van der Waals surface area contributed by atoms with Crippen LogP contribution in [0.25, 0.3) is 0 Å². The van der Waals surface area contributed by atoms with E-state index in [1.807, 2.05) is 0 Å². The lowest BCUT2D eigenvalue weighted by atomic mass is 9.80. The predicted molar refractivity (Wildman–Crippen MR) is 44.4 cm³/mol. The Morgan fingerprint density at radius 3 is 2.20 bits per heavy atom. The van der Waals surface area contributed by atoms with Gasteiger partial charge in [-0.25, -0.2) is 0 Å². The second-order valence-corrected chi connectivity index (χ2v) is 6.24. The zero-order valence-electron chi connectivity index (χ0n) is 6.21. The van der Waals surface area contributed by atoms with E-state index in [-0.39, 0.29) is 0 Å². The Hall–Kier alpha value is 0.390. The Kier molecular flexibility index (Phi) is 1.17. The first-order valence-corrected chi connectivity index (χ1v) is 6.12. The highest BCUT2D eigenvalue weighted by atomic mass is 31.1. The van der Waals surface area contributed by atoms with Crippen LogP contribution in [-0.2, 0) is 0 Å². The standard InChI is InChI=1S/C8H14NP/c1-6-2-8-3-7(1)5-10(4-6)9-8/h6-9H,1-5H2. The van der Waals surface area contributed by atoms with E-state index in [1.54, 1.807) is 18.7 Å². The lowest BCUT2D eigenvalue weighted by molar-refractivity contribution is 0.230. The number of rotatable bonds is 0. The van der Waals surface area contributed by atoms with Crippen molar-refractivity contribution in [2.75, 3.05) is 12.3 Å². The SMILES string of the molecule is C1C2CC3CC1CP(C2)N3. The van der Waals surface area contributed by atoms with Gasteiger partial charge in [0, 0.05) is 6.04 Å². The van der Waals surface area contributed by atoms with Crippen LogP contribution in [0.3, 0.4) is 0 Å². The second kappa shape index (κ2) is 1.95. The minimum atomic E-state index is 0.338. The van der Waals surface area contributed by atoms with Gasteiger partial charge in [-0.2, -0.15) is 0 Å². The number of nitrogens with one attached hydrogen (secondary N) is 1. The average Bonchev–Trinajstić information content (AvgIpc) is 1.82. The van der Waals surface area contributed by atoms with E-state index in [0.717, 1.165) is 17.9 Å². The van der Waals surface area contributed by atoms with E-state index in [1.165, 1.54) is 12.8 Å². The van der Waals surface area contributed by atoms with Crippen molar-refractivity contribution in [2.45, 2.75) is 25.3 Å². The van der Waals surface area contributed by atoms with Crippen molar-refractivity contribution in [3.63, 3.8) is 0 Å². The summed E-state index contributed by atoms with van der Waals surface area (Å²) in [6.07, 6.45) is 7.71. The van der Waals surface area contributed by atoms with Crippen LogP contribution in [0.15, 0.2) is 0 Å². The highest BCUT2D eigenvalue weighted by Crippen LogP contribution is 2.54. The molecule has 3 aliphatic heterocycles. The van der Waals surface area contributed by atoms with Gasteiger partial charge in [0.1, 0.15) is 0 Å². The third-order valence-electron chi connectivity index (χ3n) is 3.22. The Morgan fingerprint density at radius 1 is 1.00 bits per heavy atom. The summed E-state index contributed by atoms with van der Waals surface area (Å²) in [5, 5.41) is 3.78. The predicted octanol–water partition coefficient (Wildman–Crippen LogP) is 1.78. The smallest absolute Gasteiger partial charge is 0.0109 e. The summed E-state index contributed by atoms with van der Waals surface area (Å²) in [4.78, 5) is 0. The molecule has 1 N–H and O–H groups in total. The van der Waals surface area contributed by atoms with Gasteiger partial charge in [-0.3, -0.25) is 5.09 Å². The van der Waals surface area contributed by atoms with E-state index in [0.29, 0.717) is 8.07 Å². The molecule has 1 aliphatic carbocycles. The van der Waals surface area contributed by atoms with E-state index in [2.05, 4.69) is 5.09 Å². The molecule has 1 nitrogen and oxygen atoms in total. The Morgan fingerprint density at radius 2 is 1.70 bits per heavy atom. The first kappa shape index (κ1) is 5.97. The summed E-state index contributed by atoms with van der Waals surface area (Å²) in [7, 11) is 0.338. The lowest BCUT2D eigenvalue weighted by Gasteiger charge is -2.50. The molecular weight excluding hydrogens is 141 g/mol. The first-order chi connectivity index (χ1) is 4.90. The van der Waals surface area contributed by atoms with Gasteiger partial charge < -0.3 is 0 Å². The van der Waals surface area contributed by atoms with Crippen LogP contribution in [-0.4, -0.2) is 18.4 Å². The fraction of sp³-hybridized carbons (Fsp3) is 1.00. The maximum atomic E-state index is 3.78. The maximum absolute atomic E-state index is 3.78. The van der Waals surface area contributed by atoms with Crippen LogP contribution >= 0.6 is 8.07 Å². The van der Waals surface area contributed by atoms with Gasteiger partial charge in [0.15, 0.2) is 0 Å². The molecule has 4 fully saturated rings. The van der Waals surface area contributed by atoms with Crippen molar-refractivity contribution in [2.24, 2.45) is 11.8 Å². The molecule has 2 heteroatoms. The monoisotopic (exact) mass is 155 g/mol. The third kappa shape index (κ3) is 0.770. The normalized spacial score (nSPS) is 57.6. The minimum absolute atomic E-state index is 0.338. The van der Waals surface area contributed by atoms with Crippen molar-refractivity contribution in [3.8, 4) is 0 Å². The molecule has 0 spiro atoms. The highest BCUT2D eigenvalue weighted by molar-refractivity contribution is 7.55. The van der Waals surface area contributed by atoms with Gasteiger partial charge in [-0.1, -0.05) is 0 Å². The summed E-state index contributed by atoms with van der Waals surface area (Å²) in [5.41, 5.74) is 0. The van der Waals surface area contributed by atoms with Crippen molar-refractivity contribution < 1.29 is 0 Å². The molecule has 56 valence electrons. The minimum Gasteiger partial charge on any atom is -0.293 e. The topological polar surface area (TPSA) is 12.0 Å². The highest BCUT2D eigenvalue weighted by Gasteiger charge is 2.41. The Bertz CT molecular complexity index is 101. The van der Waals surface area contributed by atoms with Crippen LogP contribution in [0.1, 0.15) is 19.3 Å². The third-order valence-corrected chi connectivity index (χ3v) is 5.87. The molecule has 2 unspecified atom stereocenters. The van der Waals surface area contributed by atoms with Gasteiger partial charge in [0.25, 0.3) is 0 Å². The van der Waals surface area contributed by atoms with Gasteiger partial charge in [-0.05, 0) is 51.5 Å². The molecule has 0 aromatic carbocycles. The zero-order chi connectivity index (χ0) is 6.55. The van der Waals surface area contributed by atoms with Crippen molar-refractivity contribution in [1.82, 2.24) is 5.09 Å². The van der Waals surface area contributed by atoms with E-state index < -0.39 is 0 Å². The zero-order valence-corrected chi connectivity index (χ0v) is 7.11. The maximum Gasteiger partial charge on any atom is 0.0109 e. The van der Waals surface area contributed by atoms with Crippen LogP contribution in [0.4, 0.5) is 0 Å². The molecule has 10 heavy (non-hydrogen) atoms. The molecule has 4 aliphatic rings.